The highest BCUT2D eigenvalue weighted by Crippen LogP contribution is 2.27. The number of primary amides is 1. The third kappa shape index (κ3) is 2.64. The minimum absolute atomic E-state index is 0.0297. The topological polar surface area (TPSA) is 55.1 Å². The molecule has 1 unspecified atom stereocenters. The van der Waals surface area contributed by atoms with Crippen molar-refractivity contribution in [1.82, 2.24) is 5.32 Å². The van der Waals surface area contributed by atoms with Gasteiger partial charge >= 0.3 is 0 Å². The Morgan fingerprint density at radius 2 is 2.06 bits per heavy atom. The SMILES string of the molecule is CCC(NC(C)C)(C(N)=O)c1ccccc1F. The lowest BCUT2D eigenvalue weighted by atomic mass is 9.85. The lowest BCUT2D eigenvalue weighted by Crippen LogP contribution is -2.55. The third-order valence-electron chi connectivity index (χ3n) is 2.82. The minimum Gasteiger partial charge on any atom is -0.368 e. The number of hydrogen-bond acceptors (Lipinski definition) is 2. The van der Waals surface area contributed by atoms with Crippen LogP contribution in [0.5, 0.6) is 0 Å². The first-order valence-corrected chi connectivity index (χ1v) is 5.76. The monoisotopic (exact) mass is 238 g/mol. The Labute approximate surface area is 101 Å². The highest BCUT2D eigenvalue weighted by Gasteiger charge is 2.39. The average Bonchev–Trinajstić information content (AvgIpc) is 2.26. The van der Waals surface area contributed by atoms with Gasteiger partial charge in [-0.2, -0.15) is 0 Å². The molecule has 1 aromatic rings. The first-order chi connectivity index (χ1) is 7.94. The lowest BCUT2D eigenvalue weighted by Gasteiger charge is -2.33. The Bertz CT molecular complexity index is 406. The predicted molar refractivity (Wildman–Crippen MR) is 65.8 cm³/mol. The Morgan fingerprint density at radius 1 is 1.47 bits per heavy atom. The second kappa shape index (κ2) is 5.27. The van der Waals surface area contributed by atoms with Gasteiger partial charge in [-0.15, -0.1) is 0 Å². The highest BCUT2D eigenvalue weighted by molar-refractivity contribution is 5.86. The van der Waals surface area contributed by atoms with Crippen molar-refractivity contribution in [3.05, 3.63) is 35.6 Å². The molecule has 0 aliphatic heterocycles. The van der Waals surface area contributed by atoms with E-state index in [0.717, 1.165) is 0 Å². The average molecular weight is 238 g/mol. The number of carbonyl (C=O) groups excluding carboxylic acids is 1. The number of rotatable bonds is 5. The van der Waals surface area contributed by atoms with Gasteiger partial charge in [-0.3, -0.25) is 10.1 Å². The molecule has 0 aliphatic carbocycles. The van der Waals surface area contributed by atoms with Gasteiger partial charge < -0.3 is 5.73 Å². The van der Waals surface area contributed by atoms with Crippen LogP contribution in [-0.2, 0) is 10.3 Å². The van der Waals surface area contributed by atoms with Gasteiger partial charge in [-0.1, -0.05) is 25.1 Å². The molecular weight excluding hydrogens is 219 g/mol. The van der Waals surface area contributed by atoms with Crippen molar-refractivity contribution in [2.45, 2.75) is 38.8 Å². The molecule has 1 amide bonds. The maximum absolute atomic E-state index is 13.8. The number of benzene rings is 1. The van der Waals surface area contributed by atoms with Gasteiger partial charge in [0.2, 0.25) is 5.91 Å². The van der Waals surface area contributed by atoms with Crippen molar-refractivity contribution in [1.29, 1.82) is 0 Å². The molecule has 0 saturated carbocycles. The van der Waals surface area contributed by atoms with Gasteiger partial charge in [0.15, 0.2) is 0 Å². The zero-order valence-corrected chi connectivity index (χ0v) is 10.5. The van der Waals surface area contributed by atoms with Crippen LogP contribution in [0, 0.1) is 5.82 Å². The van der Waals surface area contributed by atoms with Gasteiger partial charge in [0.1, 0.15) is 11.4 Å². The fraction of sp³-hybridized carbons (Fsp3) is 0.462. The first kappa shape index (κ1) is 13.6. The van der Waals surface area contributed by atoms with Crippen LogP contribution in [0.25, 0.3) is 0 Å². The Kier molecular flexibility index (Phi) is 4.23. The Hall–Kier alpha value is -1.42. The van der Waals surface area contributed by atoms with Crippen LogP contribution < -0.4 is 11.1 Å². The van der Waals surface area contributed by atoms with Crippen LogP contribution in [0.4, 0.5) is 4.39 Å². The number of amides is 1. The van der Waals surface area contributed by atoms with E-state index in [-0.39, 0.29) is 6.04 Å². The van der Waals surface area contributed by atoms with Gasteiger partial charge in [-0.25, -0.2) is 4.39 Å². The summed E-state index contributed by atoms with van der Waals surface area (Å²) in [6.07, 6.45) is 0.404. The smallest absolute Gasteiger partial charge is 0.242 e. The number of nitrogens with two attached hydrogens (primary N) is 1. The Balaban J connectivity index is 3.32. The summed E-state index contributed by atoms with van der Waals surface area (Å²) in [5.41, 5.74) is 4.63. The maximum atomic E-state index is 13.8. The number of hydrogen-bond donors (Lipinski definition) is 2. The second-order valence-corrected chi connectivity index (χ2v) is 4.40. The molecule has 0 aliphatic rings. The largest absolute Gasteiger partial charge is 0.368 e. The standard InChI is InChI=1S/C13H19FN2O/c1-4-13(12(15)17,16-9(2)3)10-7-5-6-8-11(10)14/h5-9,16H,4H2,1-3H3,(H2,15,17). The first-order valence-electron chi connectivity index (χ1n) is 5.76. The summed E-state index contributed by atoms with van der Waals surface area (Å²) in [5, 5.41) is 3.09. The van der Waals surface area contributed by atoms with Crippen molar-refractivity contribution in [2.75, 3.05) is 0 Å². The molecular formula is C13H19FN2O. The van der Waals surface area contributed by atoms with Crippen molar-refractivity contribution in [2.24, 2.45) is 5.73 Å². The molecule has 3 nitrogen and oxygen atoms in total. The predicted octanol–water partition coefficient (Wildman–Crippen LogP) is 1.91. The fourth-order valence-corrected chi connectivity index (χ4v) is 2.05. The van der Waals surface area contributed by atoms with E-state index in [1.807, 2.05) is 20.8 Å². The van der Waals surface area contributed by atoms with E-state index in [4.69, 9.17) is 5.73 Å². The normalized spacial score (nSPS) is 14.6. The van der Waals surface area contributed by atoms with Crippen LogP contribution >= 0.6 is 0 Å². The van der Waals surface area contributed by atoms with Crippen LogP contribution in [0.15, 0.2) is 24.3 Å². The molecule has 0 bridgehead atoms. The molecule has 3 N–H and O–H groups in total. The molecule has 0 heterocycles. The lowest BCUT2D eigenvalue weighted by molar-refractivity contribution is -0.125. The van der Waals surface area contributed by atoms with Crippen LogP contribution in [-0.4, -0.2) is 11.9 Å². The molecule has 0 spiro atoms. The molecule has 0 radical (unpaired) electrons. The van der Waals surface area contributed by atoms with Crippen molar-refractivity contribution >= 4 is 5.91 Å². The van der Waals surface area contributed by atoms with E-state index < -0.39 is 17.3 Å². The van der Waals surface area contributed by atoms with Gasteiger partial charge in [0, 0.05) is 11.6 Å². The second-order valence-electron chi connectivity index (χ2n) is 4.40. The quantitative estimate of drug-likeness (QED) is 0.823. The zero-order chi connectivity index (χ0) is 13.1. The summed E-state index contributed by atoms with van der Waals surface area (Å²) in [6, 6.07) is 6.26. The van der Waals surface area contributed by atoms with E-state index in [9.17, 15) is 9.18 Å². The van der Waals surface area contributed by atoms with Gasteiger partial charge in [0.25, 0.3) is 0 Å². The summed E-state index contributed by atoms with van der Waals surface area (Å²) in [5.74, 6) is -0.972. The highest BCUT2D eigenvalue weighted by atomic mass is 19.1. The molecule has 94 valence electrons. The zero-order valence-electron chi connectivity index (χ0n) is 10.5. The molecule has 1 atom stereocenters. The summed E-state index contributed by atoms with van der Waals surface area (Å²) < 4.78 is 13.8. The Morgan fingerprint density at radius 3 is 2.47 bits per heavy atom. The summed E-state index contributed by atoms with van der Waals surface area (Å²) >= 11 is 0. The molecule has 0 fully saturated rings. The van der Waals surface area contributed by atoms with Crippen molar-refractivity contribution < 1.29 is 9.18 Å². The van der Waals surface area contributed by atoms with E-state index in [1.165, 1.54) is 6.07 Å². The van der Waals surface area contributed by atoms with Gasteiger partial charge in [0.05, 0.1) is 0 Å². The third-order valence-corrected chi connectivity index (χ3v) is 2.82. The summed E-state index contributed by atoms with van der Waals surface area (Å²) in [7, 11) is 0. The fourth-order valence-electron chi connectivity index (χ4n) is 2.05. The number of carbonyl (C=O) groups is 1. The van der Waals surface area contributed by atoms with E-state index in [1.54, 1.807) is 18.2 Å². The van der Waals surface area contributed by atoms with Crippen LogP contribution in [0.1, 0.15) is 32.8 Å². The molecule has 17 heavy (non-hydrogen) atoms. The van der Waals surface area contributed by atoms with Crippen molar-refractivity contribution in [3.8, 4) is 0 Å². The molecule has 1 aromatic carbocycles. The minimum atomic E-state index is -1.14. The van der Waals surface area contributed by atoms with Crippen LogP contribution in [0.3, 0.4) is 0 Å². The molecule has 0 aromatic heterocycles. The summed E-state index contributed by atoms with van der Waals surface area (Å²) in [6.45, 7) is 5.61. The molecule has 1 rings (SSSR count). The molecule has 4 heteroatoms. The maximum Gasteiger partial charge on any atom is 0.242 e. The number of nitrogens with one attached hydrogen (secondary N) is 1. The summed E-state index contributed by atoms with van der Waals surface area (Å²) in [4.78, 5) is 11.7. The van der Waals surface area contributed by atoms with Crippen LogP contribution in [0.2, 0.25) is 0 Å². The van der Waals surface area contributed by atoms with E-state index >= 15 is 0 Å². The number of halogens is 1. The van der Waals surface area contributed by atoms with E-state index in [0.29, 0.717) is 12.0 Å². The molecule has 0 saturated heterocycles. The van der Waals surface area contributed by atoms with Gasteiger partial charge in [-0.05, 0) is 26.3 Å². The van der Waals surface area contributed by atoms with E-state index in [2.05, 4.69) is 5.32 Å². The van der Waals surface area contributed by atoms with Crippen molar-refractivity contribution in [3.63, 3.8) is 0 Å².